The van der Waals surface area contributed by atoms with Crippen molar-refractivity contribution in [2.24, 2.45) is 5.92 Å². The summed E-state index contributed by atoms with van der Waals surface area (Å²) in [6.45, 7) is 5.11. The summed E-state index contributed by atoms with van der Waals surface area (Å²) >= 11 is 0. The van der Waals surface area contributed by atoms with Gasteiger partial charge in [-0.2, -0.15) is 0 Å². The molecule has 1 atom stereocenters. The van der Waals surface area contributed by atoms with E-state index >= 15 is 0 Å². The number of hydrogen-bond acceptors (Lipinski definition) is 6. The molecule has 0 aliphatic carbocycles. The van der Waals surface area contributed by atoms with Crippen molar-refractivity contribution in [3.05, 3.63) is 12.1 Å². The van der Waals surface area contributed by atoms with Gasteiger partial charge in [0.1, 0.15) is 19.3 Å². The molecule has 21 heavy (non-hydrogen) atoms. The Bertz CT molecular complexity index is 517. The monoisotopic (exact) mass is 294 g/mol. The van der Waals surface area contributed by atoms with E-state index in [9.17, 15) is 4.79 Å². The number of esters is 1. The number of ether oxygens (including phenoxy) is 3. The molecule has 0 saturated carbocycles. The van der Waals surface area contributed by atoms with Gasteiger partial charge in [-0.25, -0.2) is 4.79 Å². The zero-order valence-corrected chi connectivity index (χ0v) is 12.6. The van der Waals surface area contributed by atoms with E-state index in [0.717, 1.165) is 0 Å². The maximum atomic E-state index is 11.9. The van der Waals surface area contributed by atoms with Crippen molar-refractivity contribution in [2.75, 3.05) is 31.4 Å². The largest absolute Gasteiger partial charge is 0.486 e. The van der Waals surface area contributed by atoms with Gasteiger partial charge in [0, 0.05) is 12.1 Å². The molecule has 2 rings (SSSR count). The van der Waals surface area contributed by atoms with E-state index in [0.29, 0.717) is 48.4 Å². The Morgan fingerprint density at radius 2 is 1.95 bits per heavy atom. The lowest BCUT2D eigenvalue weighted by Gasteiger charge is -2.23. The van der Waals surface area contributed by atoms with Crippen molar-refractivity contribution in [1.29, 1.82) is 0 Å². The molecule has 1 aromatic rings. The average molecular weight is 294 g/mol. The van der Waals surface area contributed by atoms with Gasteiger partial charge >= 0.3 is 5.97 Å². The molecule has 0 fully saturated rings. The number of nitrogen functional groups attached to an aromatic ring is 1. The first-order valence-corrected chi connectivity index (χ1v) is 7.04. The normalized spacial score (nSPS) is 14.7. The van der Waals surface area contributed by atoms with Crippen molar-refractivity contribution in [1.82, 2.24) is 0 Å². The lowest BCUT2D eigenvalue weighted by atomic mass is 10.0. The molecule has 0 radical (unpaired) electrons. The minimum Gasteiger partial charge on any atom is -0.486 e. The average Bonchev–Trinajstić information content (AvgIpc) is 2.46. The van der Waals surface area contributed by atoms with Gasteiger partial charge in [-0.1, -0.05) is 13.8 Å². The Morgan fingerprint density at radius 3 is 2.52 bits per heavy atom. The molecule has 1 aliphatic rings. The summed E-state index contributed by atoms with van der Waals surface area (Å²) in [5.74, 6) is 1.30. The van der Waals surface area contributed by atoms with Crippen molar-refractivity contribution < 1.29 is 19.0 Å². The first-order valence-electron chi connectivity index (χ1n) is 7.04. The minimum absolute atomic E-state index is 0.307. The second-order valence-corrected chi connectivity index (χ2v) is 5.43. The quantitative estimate of drug-likeness (QED) is 0.639. The molecule has 6 nitrogen and oxygen atoms in total. The third-order valence-corrected chi connectivity index (χ3v) is 3.24. The number of benzene rings is 1. The van der Waals surface area contributed by atoms with E-state index < -0.39 is 6.04 Å². The van der Waals surface area contributed by atoms with Gasteiger partial charge in [0.05, 0.1) is 18.5 Å². The van der Waals surface area contributed by atoms with E-state index in [4.69, 9.17) is 19.9 Å². The fraction of sp³-hybridized carbons (Fsp3) is 0.533. The Labute approximate surface area is 124 Å². The lowest BCUT2D eigenvalue weighted by Crippen LogP contribution is -2.32. The maximum Gasteiger partial charge on any atom is 0.328 e. The summed E-state index contributed by atoms with van der Waals surface area (Å²) in [7, 11) is 1.38. The summed E-state index contributed by atoms with van der Waals surface area (Å²) in [4.78, 5) is 11.9. The SMILES string of the molecule is COC(=O)C(CC(C)C)Nc1cc2c(cc1N)OCCO2. The molecule has 1 aromatic carbocycles. The van der Waals surface area contributed by atoms with E-state index in [-0.39, 0.29) is 5.97 Å². The Hall–Kier alpha value is -2.11. The zero-order chi connectivity index (χ0) is 15.4. The summed E-state index contributed by atoms with van der Waals surface area (Å²) < 4.78 is 15.8. The highest BCUT2D eigenvalue weighted by Gasteiger charge is 2.22. The van der Waals surface area contributed by atoms with Crippen LogP contribution in [0.5, 0.6) is 11.5 Å². The molecule has 1 heterocycles. The molecule has 0 spiro atoms. The van der Waals surface area contributed by atoms with E-state index in [1.165, 1.54) is 7.11 Å². The summed E-state index contributed by atoms with van der Waals surface area (Å²) in [6, 6.07) is 3.03. The molecule has 1 unspecified atom stereocenters. The van der Waals surface area contributed by atoms with Crippen molar-refractivity contribution in [3.8, 4) is 11.5 Å². The van der Waals surface area contributed by atoms with Gasteiger partial charge in [0.25, 0.3) is 0 Å². The predicted molar refractivity (Wildman–Crippen MR) is 80.7 cm³/mol. The number of methoxy groups -OCH3 is 1. The van der Waals surface area contributed by atoms with E-state index in [2.05, 4.69) is 5.32 Å². The van der Waals surface area contributed by atoms with Gasteiger partial charge in [0.2, 0.25) is 0 Å². The molecule has 0 aromatic heterocycles. The fourth-order valence-electron chi connectivity index (χ4n) is 2.24. The fourth-order valence-corrected chi connectivity index (χ4v) is 2.24. The second kappa shape index (κ2) is 6.56. The predicted octanol–water partition coefficient (Wildman–Crippen LogP) is 2.04. The molecule has 1 aliphatic heterocycles. The Kier molecular flexibility index (Phi) is 4.77. The Morgan fingerprint density at radius 1 is 1.33 bits per heavy atom. The highest BCUT2D eigenvalue weighted by atomic mass is 16.6. The first kappa shape index (κ1) is 15.3. The van der Waals surface area contributed by atoms with Crippen LogP contribution in [0.3, 0.4) is 0 Å². The number of rotatable bonds is 5. The topological polar surface area (TPSA) is 82.8 Å². The van der Waals surface area contributed by atoms with Crippen LogP contribution in [0.2, 0.25) is 0 Å². The van der Waals surface area contributed by atoms with Crippen LogP contribution in [0, 0.1) is 5.92 Å². The Balaban J connectivity index is 2.21. The van der Waals surface area contributed by atoms with Crippen molar-refractivity contribution >= 4 is 17.3 Å². The summed E-state index contributed by atoms with van der Waals surface area (Å²) in [6.07, 6.45) is 0.653. The molecule has 6 heteroatoms. The maximum absolute atomic E-state index is 11.9. The van der Waals surface area contributed by atoms with Crippen LogP contribution in [0.15, 0.2) is 12.1 Å². The van der Waals surface area contributed by atoms with Crippen molar-refractivity contribution in [2.45, 2.75) is 26.3 Å². The molecule has 0 saturated heterocycles. The molecule has 116 valence electrons. The molecule has 3 N–H and O–H groups in total. The molecule has 0 amide bonds. The zero-order valence-electron chi connectivity index (χ0n) is 12.6. The minimum atomic E-state index is -0.445. The van der Waals surface area contributed by atoms with E-state index in [1.807, 2.05) is 13.8 Å². The van der Waals surface area contributed by atoms with Gasteiger partial charge < -0.3 is 25.3 Å². The third kappa shape index (κ3) is 3.71. The smallest absolute Gasteiger partial charge is 0.328 e. The number of carbonyl (C=O) groups excluding carboxylic acids is 1. The van der Waals surface area contributed by atoms with Crippen LogP contribution in [0.4, 0.5) is 11.4 Å². The molecular weight excluding hydrogens is 272 g/mol. The van der Waals surface area contributed by atoms with Crippen molar-refractivity contribution in [3.63, 3.8) is 0 Å². The van der Waals surface area contributed by atoms with Gasteiger partial charge in [-0.3, -0.25) is 0 Å². The van der Waals surface area contributed by atoms with Crippen LogP contribution in [0.25, 0.3) is 0 Å². The number of nitrogens with two attached hydrogens (primary N) is 1. The van der Waals surface area contributed by atoms with E-state index in [1.54, 1.807) is 12.1 Å². The number of carbonyl (C=O) groups is 1. The van der Waals surface area contributed by atoms with Crippen LogP contribution < -0.4 is 20.5 Å². The second-order valence-electron chi connectivity index (χ2n) is 5.43. The molecule has 0 bridgehead atoms. The number of hydrogen-bond donors (Lipinski definition) is 2. The number of fused-ring (bicyclic) bond motifs is 1. The number of nitrogens with one attached hydrogen (secondary N) is 1. The van der Waals surface area contributed by atoms with Crippen LogP contribution in [-0.4, -0.2) is 32.3 Å². The highest BCUT2D eigenvalue weighted by Crippen LogP contribution is 2.37. The van der Waals surface area contributed by atoms with Gasteiger partial charge in [-0.05, 0) is 12.3 Å². The lowest BCUT2D eigenvalue weighted by molar-refractivity contribution is -0.141. The third-order valence-electron chi connectivity index (χ3n) is 3.24. The number of anilines is 2. The first-order chi connectivity index (χ1) is 10.0. The highest BCUT2D eigenvalue weighted by molar-refractivity contribution is 5.82. The standard InChI is InChI=1S/C15H22N2O4/c1-9(2)6-12(15(18)19-3)17-11-8-14-13(7-10(11)16)20-4-5-21-14/h7-9,12,17H,4-6,16H2,1-3H3. The van der Waals surface area contributed by atoms with Gasteiger partial charge in [0.15, 0.2) is 11.5 Å². The van der Waals surface area contributed by atoms with Crippen LogP contribution in [-0.2, 0) is 9.53 Å². The summed E-state index contributed by atoms with van der Waals surface area (Å²) in [5, 5.41) is 3.14. The van der Waals surface area contributed by atoms with Crippen LogP contribution >= 0.6 is 0 Å². The molecular formula is C15H22N2O4. The summed E-state index contributed by atoms with van der Waals surface area (Å²) in [5.41, 5.74) is 7.17. The van der Waals surface area contributed by atoms with Crippen LogP contribution in [0.1, 0.15) is 20.3 Å². The van der Waals surface area contributed by atoms with Gasteiger partial charge in [-0.15, -0.1) is 0 Å².